The highest BCUT2D eigenvalue weighted by Gasteiger charge is 2.18. The quantitative estimate of drug-likeness (QED) is 0.391. The highest BCUT2D eigenvalue weighted by atomic mass is 16.5. The molecular formula is C26H30O7. The SMILES string of the molecule is COc1ccc(CCc2cc(CCc3ccc(OC)cc3OC)c(O)c(O)c2O)c(OC)c1. The first-order chi connectivity index (χ1) is 15.9. The minimum atomic E-state index is -0.508. The molecular weight excluding hydrogens is 424 g/mol. The Kier molecular flexibility index (Phi) is 7.77. The molecule has 176 valence electrons. The highest BCUT2D eigenvalue weighted by Crippen LogP contribution is 2.42. The van der Waals surface area contributed by atoms with E-state index in [4.69, 9.17) is 18.9 Å². The van der Waals surface area contributed by atoms with Gasteiger partial charge in [0.1, 0.15) is 23.0 Å². The van der Waals surface area contributed by atoms with Crippen molar-refractivity contribution in [3.05, 3.63) is 64.7 Å². The lowest BCUT2D eigenvalue weighted by Gasteiger charge is -2.15. The van der Waals surface area contributed by atoms with Crippen LogP contribution in [0.5, 0.6) is 40.2 Å². The zero-order valence-corrected chi connectivity index (χ0v) is 19.3. The lowest BCUT2D eigenvalue weighted by molar-refractivity contribution is 0.361. The Balaban J connectivity index is 1.81. The Labute approximate surface area is 193 Å². The lowest BCUT2D eigenvalue weighted by atomic mass is 9.96. The van der Waals surface area contributed by atoms with E-state index in [1.54, 1.807) is 46.6 Å². The first kappa shape index (κ1) is 23.9. The van der Waals surface area contributed by atoms with Crippen LogP contribution in [0.1, 0.15) is 22.3 Å². The van der Waals surface area contributed by atoms with Crippen LogP contribution in [0.2, 0.25) is 0 Å². The Morgan fingerprint density at radius 2 is 0.879 bits per heavy atom. The van der Waals surface area contributed by atoms with Crippen molar-refractivity contribution in [1.82, 2.24) is 0 Å². The summed E-state index contributed by atoms with van der Waals surface area (Å²) in [4.78, 5) is 0. The summed E-state index contributed by atoms with van der Waals surface area (Å²) < 4.78 is 21.4. The third-order valence-electron chi connectivity index (χ3n) is 5.72. The van der Waals surface area contributed by atoms with Crippen LogP contribution in [0.4, 0.5) is 0 Å². The van der Waals surface area contributed by atoms with Gasteiger partial charge in [0, 0.05) is 12.1 Å². The largest absolute Gasteiger partial charge is 0.504 e. The van der Waals surface area contributed by atoms with Crippen LogP contribution in [0.15, 0.2) is 42.5 Å². The van der Waals surface area contributed by atoms with Crippen LogP contribution in [-0.2, 0) is 25.7 Å². The van der Waals surface area contributed by atoms with Gasteiger partial charge in [-0.15, -0.1) is 0 Å². The van der Waals surface area contributed by atoms with Crippen LogP contribution < -0.4 is 18.9 Å². The van der Waals surface area contributed by atoms with Crippen molar-refractivity contribution in [2.45, 2.75) is 25.7 Å². The van der Waals surface area contributed by atoms with Gasteiger partial charge >= 0.3 is 0 Å². The minimum absolute atomic E-state index is 0.314. The number of ether oxygens (including phenoxy) is 4. The van der Waals surface area contributed by atoms with E-state index in [9.17, 15) is 15.3 Å². The standard InChI is InChI=1S/C26H30O7/c1-30-20-11-9-16(22(14-20)32-3)5-7-18-13-19(25(28)26(29)24(18)27)8-6-17-10-12-21(31-2)15-23(17)33-4/h9-15,27-29H,5-8H2,1-4H3. The van der Waals surface area contributed by atoms with Crippen LogP contribution in [-0.4, -0.2) is 43.8 Å². The van der Waals surface area contributed by atoms with Crippen LogP contribution >= 0.6 is 0 Å². The van der Waals surface area contributed by atoms with Crippen molar-refractivity contribution in [3.8, 4) is 40.2 Å². The molecule has 0 radical (unpaired) electrons. The first-order valence-corrected chi connectivity index (χ1v) is 10.6. The molecule has 0 aromatic heterocycles. The summed E-state index contributed by atoms with van der Waals surface area (Å²) in [6, 6.07) is 12.8. The van der Waals surface area contributed by atoms with Crippen molar-refractivity contribution >= 4 is 0 Å². The average Bonchev–Trinajstić information content (AvgIpc) is 2.86. The van der Waals surface area contributed by atoms with Gasteiger partial charge in [-0.3, -0.25) is 0 Å². The zero-order valence-electron chi connectivity index (χ0n) is 19.3. The fraction of sp³-hybridized carbons (Fsp3) is 0.308. The maximum Gasteiger partial charge on any atom is 0.200 e. The predicted octanol–water partition coefficient (Wildman–Crippen LogP) is 4.41. The van der Waals surface area contributed by atoms with E-state index < -0.39 is 5.75 Å². The van der Waals surface area contributed by atoms with Gasteiger partial charge < -0.3 is 34.3 Å². The van der Waals surface area contributed by atoms with E-state index in [0.717, 1.165) is 11.1 Å². The van der Waals surface area contributed by atoms with E-state index >= 15 is 0 Å². The number of rotatable bonds is 10. The van der Waals surface area contributed by atoms with E-state index in [2.05, 4.69) is 0 Å². The number of aromatic hydroxyl groups is 3. The second-order valence-electron chi connectivity index (χ2n) is 7.60. The second kappa shape index (κ2) is 10.7. The third kappa shape index (κ3) is 5.37. The number of phenolic OH excluding ortho intramolecular Hbond substituents is 3. The molecule has 0 aliphatic rings. The van der Waals surface area contributed by atoms with Gasteiger partial charge in [0.05, 0.1) is 28.4 Å². The molecule has 3 N–H and O–H groups in total. The minimum Gasteiger partial charge on any atom is -0.504 e. The summed E-state index contributed by atoms with van der Waals surface area (Å²) >= 11 is 0. The molecule has 3 aromatic carbocycles. The fourth-order valence-corrected chi connectivity index (χ4v) is 3.80. The van der Waals surface area contributed by atoms with Crippen molar-refractivity contribution in [2.24, 2.45) is 0 Å². The Hall–Kier alpha value is -3.74. The van der Waals surface area contributed by atoms with E-state index in [0.29, 0.717) is 59.8 Å². The smallest absolute Gasteiger partial charge is 0.200 e. The topological polar surface area (TPSA) is 97.6 Å². The summed E-state index contributed by atoms with van der Waals surface area (Å²) in [6.45, 7) is 0. The lowest BCUT2D eigenvalue weighted by Crippen LogP contribution is -2.00. The zero-order chi connectivity index (χ0) is 24.0. The van der Waals surface area contributed by atoms with Gasteiger partial charge in [0.25, 0.3) is 0 Å². The molecule has 7 nitrogen and oxygen atoms in total. The van der Waals surface area contributed by atoms with Gasteiger partial charge in [-0.05, 0) is 66.1 Å². The molecule has 0 atom stereocenters. The molecule has 0 heterocycles. The summed E-state index contributed by atoms with van der Waals surface area (Å²) in [7, 11) is 6.37. The fourth-order valence-electron chi connectivity index (χ4n) is 3.80. The summed E-state index contributed by atoms with van der Waals surface area (Å²) in [5.74, 6) is 1.61. The molecule has 3 aromatic rings. The van der Waals surface area contributed by atoms with Crippen molar-refractivity contribution in [2.75, 3.05) is 28.4 Å². The molecule has 3 rings (SSSR count). The molecule has 7 heteroatoms. The van der Waals surface area contributed by atoms with Gasteiger partial charge in [0.15, 0.2) is 11.5 Å². The third-order valence-corrected chi connectivity index (χ3v) is 5.72. The Morgan fingerprint density at radius 3 is 1.24 bits per heavy atom. The normalized spacial score (nSPS) is 10.7. The average molecular weight is 455 g/mol. The second-order valence-corrected chi connectivity index (χ2v) is 7.60. The van der Waals surface area contributed by atoms with Crippen molar-refractivity contribution in [1.29, 1.82) is 0 Å². The molecule has 0 aliphatic heterocycles. The highest BCUT2D eigenvalue weighted by molar-refractivity contribution is 5.58. The van der Waals surface area contributed by atoms with E-state index in [1.807, 2.05) is 24.3 Å². The number of benzene rings is 3. The molecule has 0 unspecified atom stereocenters. The summed E-state index contributed by atoms with van der Waals surface area (Å²) in [5.41, 5.74) is 2.96. The van der Waals surface area contributed by atoms with E-state index in [1.165, 1.54) is 0 Å². The van der Waals surface area contributed by atoms with Gasteiger partial charge in [0.2, 0.25) is 5.75 Å². The predicted molar refractivity (Wildman–Crippen MR) is 125 cm³/mol. The molecule has 33 heavy (non-hydrogen) atoms. The molecule has 0 spiro atoms. The molecule has 0 saturated heterocycles. The number of hydrogen-bond acceptors (Lipinski definition) is 7. The van der Waals surface area contributed by atoms with Crippen LogP contribution in [0.25, 0.3) is 0 Å². The van der Waals surface area contributed by atoms with Gasteiger partial charge in [-0.25, -0.2) is 0 Å². The molecule has 0 bridgehead atoms. The molecule has 0 saturated carbocycles. The van der Waals surface area contributed by atoms with Gasteiger partial charge in [-0.2, -0.15) is 0 Å². The Morgan fingerprint density at radius 1 is 0.485 bits per heavy atom. The first-order valence-electron chi connectivity index (χ1n) is 10.6. The maximum absolute atomic E-state index is 10.4. The number of phenols is 3. The molecule has 0 aliphatic carbocycles. The number of hydrogen-bond donors (Lipinski definition) is 3. The maximum atomic E-state index is 10.4. The monoisotopic (exact) mass is 454 g/mol. The number of aryl methyl sites for hydroxylation is 4. The number of methoxy groups -OCH3 is 4. The van der Waals surface area contributed by atoms with Gasteiger partial charge in [-0.1, -0.05) is 12.1 Å². The van der Waals surface area contributed by atoms with Crippen molar-refractivity contribution in [3.63, 3.8) is 0 Å². The summed E-state index contributed by atoms with van der Waals surface area (Å²) in [6.07, 6.45) is 2.02. The molecule has 0 amide bonds. The van der Waals surface area contributed by atoms with Crippen LogP contribution in [0.3, 0.4) is 0 Å². The van der Waals surface area contributed by atoms with Crippen molar-refractivity contribution < 1.29 is 34.3 Å². The molecule has 0 fully saturated rings. The van der Waals surface area contributed by atoms with E-state index in [-0.39, 0.29) is 11.5 Å². The summed E-state index contributed by atoms with van der Waals surface area (Å²) in [5, 5.41) is 31.2. The Bertz CT molecular complexity index is 1020. The van der Waals surface area contributed by atoms with Crippen LogP contribution in [0, 0.1) is 0 Å².